The Kier molecular flexibility index (Phi) is 6.45. The highest BCUT2D eigenvalue weighted by atomic mass is 32.2. The van der Waals surface area contributed by atoms with Crippen LogP contribution in [0.3, 0.4) is 0 Å². The molecule has 8 nitrogen and oxygen atoms in total. The number of carbonyl (C=O) groups is 1. The van der Waals surface area contributed by atoms with Crippen LogP contribution >= 0.6 is 11.8 Å². The summed E-state index contributed by atoms with van der Waals surface area (Å²) in [4.78, 5) is 48.9. The van der Waals surface area contributed by atoms with Gasteiger partial charge in [0.05, 0.1) is 5.75 Å². The van der Waals surface area contributed by atoms with Gasteiger partial charge in [-0.25, -0.2) is 14.8 Å². The van der Waals surface area contributed by atoms with Gasteiger partial charge in [0.1, 0.15) is 16.2 Å². The number of hydrogen-bond acceptors (Lipinski definition) is 6. The first-order chi connectivity index (χ1) is 13.7. The Balaban J connectivity index is 1.98. The molecular weight excluding hydrogens is 390 g/mol. The fraction of sp³-hybridized carbons (Fsp3) is 0.650. The monoisotopic (exact) mass is 419 g/mol. The van der Waals surface area contributed by atoms with E-state index < -0.39 is 5.56 Å². The highest BCUT2D eigenvalue weighted by molar-refractivity contribution is 8.00. The Bertz CT molecular complexity index is 1040. The third-order valence-corrected chi connectivity index (χ3v) is 6.24. The minimum atomic E-state index is -0.424. The summed E-state index contributed by atoms with van der Waals surface area (Å²) in [7, 11) is 1.47. The van der Waals surface area contributed by atoms with Gasteiger partial charge in [0, 0.05) is 26.7 Å². The molecule has 0 spiro atoms. The van der Waals surface area contributed by atoms with Gasteiger partial charge in [0.25, 0.3) is 5.56 Å². The van der Waals surface area contributed by atoms with Crippen molar-refractivity contribution >= 4 is 28.7 Å². The predicted octanol–water partition coefficient (Wildman–Crippen LogP) is 1.81. The highest BCUT2D eigenvalue weighted by Gasteiger charge is 2.23. The minimum Gasteiger partial charge on any atom is -0.342 e. The lowest BCUT2D eigenvalue weighted by molar-refractivity contribution is -0.129. The molecule has 0 N–H and O–H groups in total. The van der Waals surface area contributed by atoms with Crippen LogP contribution < -0.4 is 11.2 Å². The largest absolute Gasteiger partial charge is 0.342 e. The number of fused-ring (bicyclic) bond motifs is 1. The zero-order valence-corrected chi connectivity index (χ0v) is 18.6. The van der Waals surface area contributed by atoms with E-state index in [1.807, 2.05) is 18.7 Å². The number of aromatic nitrogens is 4. The van der Waals surface area contributed by atoms with Crippen molar-refractivity contribution in [3.8, 4) is 0 Å². The van der Waals surface area contributed by atoms with Gasteiger partial charge in [-0.05, 0) is 31.6 Å². The van der Waals surface area contributed by atoms with E-state index in [0.29, 0.717) is 34.3 Å². The van der Waals surface area contributed by atoms with E-state index in [1.165, 1.54) is 23.4 Å². The van der Waals surface area contributed by atoms with Gasteiger partial charge in [-0.3, -0.25) is 18.7 Å². The molecule has 1 aliphatic heterocycles. The van der Waals surface area contributed by atoms with Gasteiger partial charge < -0.3 is 4.90 Å². The van der Waals surface area contributed by atoms with Crippen molar-refractivity contribution in [2.75, 3.05) is 18.8 Å². The summed E-state index contributed by atoms with van der Waals surface area (Å²) in [6.45, 7) is 9.96. The SMILES string of the molecule is Cc1nc(SCC(=O)N2CCC(C)CC2)c2c(=O)n(C)c(=O)n(CC(C)C)c2n1. The Morgan fingerprint density at radius 2 is 1.86 bits per heavy atom. The number of rotatable bonds is 5. The fourth-order valence-electron chi connectivity index (χ4n) is 3.55. The second-order valence-corrected chi connectivity index (χ2v) is 9.24. The molecule has 29 heavy (non-hydrogen) atoms. The number of piperidine rings is 1. The number of thioether (sulfide) groups is 1. The van der Waals surface area contributed by atoms with Crippen LogP contribution in [0.25, 0.3) is 11.0 Å². The number of hydrogen-bond donors (Lipinski definition) is 0. The average molecular weight is 420 g/mol. The van der Waals surface area contributed by atoms with Crippen molar-refractivity contribution in [3.05, 3.63) is 26.7 Å². The molecule has 0 aromatic carbocycles. The predicted molar refractivity (Wildman–Crippen MR) is 114 cm³/mol. The maximum absolute atomic E-state index is 12.9. The van der Waals surface area contributed by atoms with Crippen LogP contribution in [-0.4, -0.2) is 48.8 Å². The molecule has 9 heteroatoms. The van der Waals surface area contributed by atoms with E-state index in [1.54, 1.807) is 6.92 Å². The zero-order chi connectivity index (χ0) is 21.3. The first-order valence-corrected chi connectivity index (χ1v) is 11.1. The average Bonchev–Trinajstić information content (AvgIpc) is 2.67. The van der Waals surface area contributed by atoms with Gasteiger partial charge >= 0.3 is 5.69 Å². The van der Waals surface area contributed by atoms with Crippen LogP contribution in [0.2, 0.25) is 0 Å². The van der Waals surface area contributed by atoms with Crippen molar-refractivity contribution in [1.29, 1.82) is 0 Å². The van der Waals surface area contributed by atoms with Crippen molar-refractivity contribution in [1.82, 2.24) is 24.0 Å². The van der Waals surface area contributed by atoms with Crippen LogP contribution in [0.4, 0.5) is 0 Å². The van der Waals surface area contributed by atoms with Gasteiger partial charge in [-0.2, -0.15) is 0 Å². The van der Waals surface area contributed by atoms with Crippen LogP contribution in [0.15, 0.2) is 14.6 Å². The maximum Gasteiger partial charge on any atom is 0.332 e. The minimum absolute atomic E-state index is 0.0543. The van der Waals surface area contributed by atoms with Gasteiger partial charge in [0.15, 0.2) is 5.65 Å². The number of nitrogens with zero attached hydrogens (tertiary/aromatic N) is 5. The van der Waals surface area contributed by atoms with E-state index in [4.69, 9.17) is 0 Å². The third kappa shape index (κ3) is 4.55. The number of amides is 1. The van der Waals surface area contributed by atoms with Crippen LogP contribution in [0.1, 0.15) is 39.4 Å². The fourth-order valence-corrected chi connectivity index (χ4v) is 4.52. The molecule has 2 aromatic rings. The Hall–Kier alpha value is -2.16. The Morgan fingerprint density at radius 3 is 2.48 bits per heavy atom. The lowest BCUT2D eigenvalue weighted by atomic mass is 9.99. The van der Waals surface area contributed by atoms with Crippen molar-refractivity contribution in [2.45, 2.75) is 52.1 Å². The topological polar surface area (TPSA) is 90.1 Å². The van der Waals surface area contributed by atoms with E-state index in [-0.39, 0.29) is 23.3 Å². The van der Waals surface area contributed by atoms with Crippen LogP contribution in [-0.2, 0) is 18.4 Å². The molecule has 1 amide bonds. The molecule has 0 unspecified atom stereocenters. The third-order valence-electron chi connectivity index (χ3n) is 5.28. The second kappa shape index (κ2) is 8.69. The van der Waals surface area contributed by atoms with E-state index in [2.05, 4.69) is 16.9 Å². The molecule has 1 saturated heterocycles. The van der Waals surface area contributed by atoms with Crippen molar-refractivity contribution < 1.29 is 4.79 Å². The quantitative estimate of drug-likeness (QED) is 0.542. The standard InChI is InChI=1S/C20H29N5O3S/c1-12(2)10-25-17-16(19(27)23(5)20(25)28)18(22-14(4)21-17)29-11-15(26)24-8-6-13(3)7-9-24/h12-13H,6-11H2,1-5H3. The molecule has 0 saturated carbocycles. The number of likely N-dealkylation sites (tertiary alicyclic amines) is 1. The van der Waals surface area contributed by atoms with Crippen LogP contribution in [0.5, 0.6) is 0 Å². The molecule has 158 valence electrons. The van der Waals surface area contributed by atoms with E-state index >= 15 is 0 Å². The summed E-state index contributed by atoms with van der Waals surface area (Å²) >= 11 is 1.25. The summed E-state index contributed by atoms with van der Waals surface area (Å²) in [6, 6.07) is 0. The molecule has 2 aromatic heterocycles. The normalized spacial score (nSPS) is 15.4. The number of aryl methyl sites for hydroxylation is 1. The van der Waals surface area contributed by atoms with E-state index in [9.17, 15) is 14.4 Å². The summed E-state index contributed by atoms with van der Waals surface area (Å²) in [6.07, 6.45) is 2.04. The Labute approximate surface area is 174 Å². The first kappa shape index (κ1) is 21.5. The molecule has 0 radical (unpaired) electrons. The molecular formula is C20H29N5O3S. The van der Waals surface area contributed by atoms with E-state index in [0.717, 1.165) is 30.5 Å². The molecule has 0 bridgehead atoms. The highest BCUT2D eigenvalue weighted by Crippen LogP contribution is 2.24. The Morgan fingerprint density at radius 1 is 1.21 bits per heavy atom. The summed E-state index contributed by atoms with van der Waals surface area (Å²) in [5.41, 5.74) is -0.462. The maximum atomic E-state index is 12.9. The van der Waals surface area contributed by atoms with Crippen LogP contribution in [0, 0.1) is 18.8 Å². The molecule has 1 aliphatic rings. The second-order valence-electron chi connectivity index (χ2n) is 8.28. The summed E-state index contributed by atoms with van der Waals surface area (Å²) < 4.78 is 2.63. The number of carbonyl (C=O) groups excluding carboxylic acids is 1. The zero-order valence-electron chi connectivity index (χ0n) is 17.8. The molecule has 3 heterocycles. The molecule has 1 fully saturated rings. The van der Waals surface area contributed by atoms with Crippen molar-refractivity contribution in [3.63, 3.8) is 0 Å². The summed E-state index contributed by atoms with van der Waals surface area (Å²) in [5, 5.41) is 0.771. The summed E-state index contributed by atoms with van der Waals surface area (Å²) in [5.74, 6) is 1.61. The lowest BCUT2D eigenvalue weighted by Crippen LogP contribution is -2.40. The first-order valence-electron chi connectivity index (χ1n) is 10.1. The lowest BCUT2D eigenvalue weighted by Gasteiger charge is -2.30. The molecule has 0 aliphatic carbocycles. The van der Waals surface area contributed by atoms with Crippen molar-refractivity contribution in [2.24, 2.45) is 18.9 Å². The molecule has 0 atom stereocenters. The van der Waals surface area contributed by atoms with Gasteiger partial charge in [0.2, 0.25) is 5.91 Å². The smallest absolute Gasteiger partial charge is 0.332 e. The van der Waals surface area contributed by atoms with Gasteiger partial charge in [-0.15, -0.1) is 0 Å². The molecule has 3 rings (SSSR count). The van der Waals surface area contributed by atoms with Gasteiger partial charge in [-0.1, -0.05) is 32.5 Å².